The van der Waals surface area contributed by atoms with Gasteiger partial charge in [0.05, 0.1) is 37.4 Å². The van der Waals surface area contributed by atoms with Crippen molar-refractivity contribution in [2.75, 3.05) is 19.8 Å². The van der Waals surface area contributed by atoms with E-state index in [0.717, 1.165) is 6.54 Å². The predicted octanol–water partition coefficient (Wildman–Crippen LogP) is 5.47. The summed E-state index contributed by atoms with van der Waals surface area (Å²) in [6.45, 7) is 4.44. The quantitative estimate of drug-likeness (QED) is 0.368. The summed E-state index contributed by atoms with van der Waals surface area (Å²) in [5.74, 6) is -4.40. The van der Waals surface area contributed by atoms with Gasteiger partial charge in [0.1, 0.15) is 0 Å². The van der Waals surface area contributed by atoms with Gasteiger partial charge >= 0.3 is 0 Å². The number of hydrogen-bond acceptors (Lipinski definition) is 3. The Kier molecular flexibility index (Phi) is 6.54. The van der Waals surface area contributed by atoms with Crippen molar-refractivity contribution in [2.24, 2.45) is 9.36 Å². The van der Waals surface area contributed by atoms with Gasteiger partial charge in [-0.05, 0) is 31.5 Å². The first-order valence-corrected chi connectivity index (χ1v) is 10.3. The van der Waals surface area contributed by atoms with E-state index in [9.17, 15) is 17.4 Å². The van der Waals surface area contributed by atoms with Gasteiger partial charge in [0, 0.05) is 32.0 Å². The zero-order valence-electron chi connectivity index (χ0n) is 15.3. The van der Waals surface area contributed by atoms with E-state index in [-0.39, 0.29) is 10.7 Å². The molecule has 2 aromatic rings. The number of rotatable bonds is 5. The van der Waals surface area contributed by atoms with Gasteiger partial charge in [-0.15, -0.1) is 0 Å². The topological polar surface area (TPSA) is 45.0 Å². The van der Waals surface area contributed by atoms with E-state index in [4.69, 9.17) is 11.6 Å². The molecule has 2 aromatic carbocycles. The molecule has 27 heavy (non-hydrogen) atoms. The van der Waals surface area contributed by atoms with E-state index in [1.165, 1.54) is 12.3 Å². The largest absolute Gasteiger partial charge is 0.366 e. The molecule has 0 fully saturated rings. The van der Waals surface area contributed by atoms with E-state index in [1.54, 1.807) is 19.3 Å². The molecule has 0 saturated carbocycles. The Labute approximate surface area is 161 Å². The number of halogens is 4. The van der Waals surface area contributed by atoms with E-state index >= 15 is 0 Å². The Morgan fingerprint density at radius 1 is 1.19 bits per heavy atom. The Morgan fingerprint density at radius 2 is 1.78 bits per heavy atom. The first kappa shape index (κ1) is 21.2. The van der Waals surface area contributed by atoms with E-state index in [0.29, 0.717) is 28.3 Å². The van der Waals surface area contributed by atoms with Crippen molar-refractivity contribution in [3.8, 4) is 0 Å². The van der Waals surface area contributed by atoms with Crippen molar-refractivity contribution in [3.63, 3.8) is 0 Å². The van der Waals surface area contributed by atoms with Crippen LogP contribution in [0.3, 0.4) is 0 Å². The summed E-state index contributed by atoms with van der Waals surface area (Å²) in [4.78, 5) is 6.44. The molecule has 0 amide bonds. The maximum absolute atomic E-state index is 13.4. The molecule has 1 atom stereocenters. The fourth-order valence-electron chi connectivity index (χ4n) is 2.24. The minimum absolute atomic E-state index is 0.262. The molecule has 0 aliphatic rings. The molecule has 146 valence electrons. The summed E-state index contributed by atoms with van der Waals surface area (Å²) in [5, 5.41) is 0.262. The van der Waals surface area contributed by atoms with Crippen LogP contribution < -0.4 is 0 Å². The van der Waals surface area contributed by atoms with Gasteiger partial charge in [-0.2, -0.15) is 4.36 Å². The van der Waals surface area contributed by atoms with Gasteiger partial charge in [0.2, 0.25) is 0 Å². The zero-order valence-corrected chi connectivity index (χ0v) is 16.8. The van der Waals surface area contributed by atoms with Crippen LogP contribution in [0.25, 0.3) is 0 Å². The van der Waals surface area contributed by atoms with Crippen LogP contribution in [0.2, 0.25) is 5.02 Å². The second-order valence-electron chi connectivity index (χ2n) is 6.00. The van der Waals surface area contributed by atoms with E-state index in [2.05, 4.69) is 9.36 Å². The Bertz CT molecular complexity index is 994. The third-order valence-electron chi connectivity index (χ3n) is 3.79. The summed E-state index contributed by atoms with van der Waals surface area (Å²) in [5.41, 5.74) is 0.832. The standard InChI is InChI=1S/C18H19ClF3N3OS/c1-5-25(3)10-23-16-6-11(2)17(9-13(16)19)27(4,26)24-12-7-14(20)18(22)15(21)8-12/h6-10H,5H2,1-4H3. The maximum Gasteiger partial charge on any atom is 0.194 e. The smallest absolute Gasteiger partial charge is 0.194 e. The molecule has 1 unspecified atom stereocenters. The lowest BCUT2D eigenvalue weighted by Gasteiger charge is -2.12. The lowest BCUT2D eigenvalue weighted by atomic mass is 10.2. The number of benzene rings is 2. The molecule has 0 bridgehead atoms. The molecule has 0 radical (unpaired) electrons. The Morgan fingerprint density at radius 3 is 2.33 bits per heavy atom. The van der Waals surface area contributed by atoms with E-state index < -0.39 is 27.2 Å². The third-order valence-corrected chi connectivity index (χ3v) is 5.91. The van der Waals surface area contributed by atoms with Crippen LogP contribution in [-0.2, 0) is 9.73 Å². The average Bonchev–Trinajstić information content (AvgIpc) is 2.59. The highest BCUT2D eigenvalue weighted by atomic mass is 35.5. The highest BCUT2D eigenvalue weighted by Crippen LogP contribution is 2.32. The van der Waals surface area contributed by atoms with Gasteiger partial charge in [0.15, 0.2) is 17.5 Å². The number of nitrogens with zero attached hydrogens (tertiary/aromatic N) is 3. The zero-order chi connectivity index (χ0) is 20.4. The molecule has 9 heteroatoms. The van der Waals surface area contributed by atoms with Gasteiger partial charge in [-0.1, -0.05) is 11.6 Å². The van der Waals surface area contributed by atoms with Gasteiger partial charge in [0.25, 0.3) is 0 Å². The fraction of sp³-hybridized carbons (Fsp3) is 0.278. The molecular formula is C18H19ClF3N3OS. The van der Waals surface area contributed by atoms with Crippen LogP contribution in [-0.4, -0.2) is 35.3 Å². The highest BCUT2D eigenvalue weighted by molar-refractivity contribution is 7.93. The summed E-state index contributed by atoms with van der Waals surface area (Å²) < 4.78 is 56.8. The number of aliphatic imine (C=N–C) groups is 1. The van der Waals surface area contributed by atoms with Crippen molar-refractivity contribution < 1.29 is 17.4 Å². The van der Waals surface area contributed by atoms with Crippen LogP contribution in [0, 0.1) is 24.4 Å². The average molecular weight is 418 g/mol. The normalized spacial score (nSPS) is 13.6. The second-order valence-corrected chi connectivity index (χ2v) is 8.64. The van der Waals surface area contributed by atoms with E-state index in [1.807, 2.05) is 18.9 Å². The van der Waals surface area contributed by atoms with Crippen molar-refractivity contribution in [1.82, 2.24) is 4.90 Å². The first-order chi connectivity index (χ1) is 12.5. The van der Waals surface area contributed by atoms with Crippen LogP contribution in [0.1, 0.15) is 12.5 Å². The molecule has 0 aliphatic carbocycles. The van der Waals surface area contributed by atoms with Gasteiger partial charge in [-0.3, -0.25) is 0 Å². The summed E-state index contributed by atoms with van der Waals surface area (Å²) in [6, 6.07) is 4.51. The Hall–Kier alpha value is -2.06. The monoisotopic (exact) mass is 417 g/mol. The number of hydrogen-bond donors (Lipinski definition) is 0. The lowest BCUT2D eigenvalue weighted by Crippen LogP contribution is -2.14. The molecule has 0 saturated heterocycles. The molecule has 2 rings (SSSR count). The van der Waals surface area contributed by atoms with Crippen LogP contribution in [0.4, 0.5) is 24.5 Å². The predicted molar refractivity (Wildman–Crippen MR) is 103 cm³/mol. The summed E-state index contributed by atoms with van der Waals surface area (Å²) >= 11 is 6.24. The van der Waals surface area contributed by atoms with Crippen molar-refractivity contribution in [2.45, 2.75) is 18.7 Å². The van der Waals surface area contributed by atoms with Gasteiger partial charge < -0.3 is 4.90 Å². The molecule has 0 N–H and O–H groups in total. The van der Waals surface area contributed by atoms with Crippen molar-refractivity contribution in [1.29, 1.82) is 0 Å². The molecule has 0 aliphatic heterocycles. The highest BCUT2D eigenvalue weighted by Gasteiger charge is 2.16. The fourth-order valence-corrected chi connectivity index (χ4v) is 4.12. The first-order valence-electron chi connectivity index (χ1n) is 7.96. The molecule has 0 aromatic heterocycles. The lowest BCUT2D eigenvalue weighted by molar-refractivity contribution is 0.447. The molecule has 4 nitrogen and oxygen atoms in total. The molecule has 0 spiro atoms. The molecule has 0 heterocycles. The van der Waals surface area contributed by atoms with Crippen molar-refractivity contribution >= 4 is 39.0 Å². The summed E-state index contributed by atoms with van der Waals surface area (Å²) in [7, 11) is -1.23. The third kappa shape index (κ3) is 5.01. The minimum atomic E-state index is -3.09. The van der Waals surface area contributed by atoms with Crippen LogP contribution in [0.15, 0.2) is 38.5 Å². The maximum atomic E-state index is 13.4. The summed E-state index contributed by atoms with van der Waals surface area (Å²) in [6.07, 6.45) is 2.94. The second kappa shape index (κ2) is 8.31. The SMILES string of the molecule is CCN(C)C=Nc1cc(C)c(S(C)(=O)=Nc2cc(F)c(F)c(F)c2)cc1Cl. The van der Waals surface area contributed by atoms with Crippen LogP contribution in [0.5, 0.6) is 0 Å². The van der Waals surface area contributed by atoms with Crippen molar-refractivity contribution in [3.05, 3.63) is 52.3 Å². The number of aryl methyl sites for hydroxylation is 1. The minimum Gasteiger partial charge on any atom is -0.366 e. The molecular weight excluding hydrogens is 399 g/mol. The Balaban J connectivity index is 2.52. The van der Waals surface area contributed by atoms with Gasteiger partial charge in [-0.25, -0.2) is 22.4 Å². The van der Waals surface area contributed by atoms with Crippen LogP contribution >= 0.6 is 11.6 Å².